The predicted octanol–water partition coefficient (Wildman–Crippen LogP) is -33.2. The van der Waals surface area contributed by atoms with Gasteiger partial charge in [-0.2, -0.15) is 0 Å². The van der Waals surface area contributed by atoms with Gasteiger partial charge in [-0.3, -0.25) is 0 Å². The van der Waals surface area contributed by atoms with Gasteiger partial charge in [0.05, 0.1) is 0 Å². The maximum atomic E-state index is 7.12. The highest BCUT2D eigenvalue weighted by Crippen LogP contribution is 2.42. The van der Waals surface area contributed by atoms with Crippen LogP contribution in [0.5, 0.6) is 0 Å². The lowest BCUT2D eigenvalue weighted by molar-refractivity contribution is 0.675. The van der Waals surface area contributed by atoms with Crippen molar-refractivity contribution in [2.75, 3.05) is 0 Å². The third-order valence-electron chi connectivity index (χ3n) is 19.9. The van der Waals surface area contributed by atoms with Crippen molar-refractivity contribution in [3.05, 3.63) is 0 Å². The van der Waals surface area contributed by atoms with Crippen LogP contribution in [0.3, 0.4) is 0 Å². The highest BCUT2D eigenvalue weighted by Gasteiger charge is 2.32. The van der Waals surface area contributed by atoms with E-state index in [-0.39, 0.29) is 0 Å². The fourth-order valence-corrected chi connectivity index (χ4v) is 13.7. The van der Waals surface area contributed by atoms with Gasteiger partial charge in [-0.15, -0.1) is 49.2 Å². The third-order valence-corrected chi connectivity index (χ3v) is 19.9. The van der Waals surface area contributed by atoms with E-state index < -0.39 is 0 Å². The Balaban J connectivity index is 1.72. The number of hydrogen-bond acceptors (Lipinski definition) is 1. The van der Waals surface area contributed by atoms with Crippen molar-refractivity contribution >= 4 is 400 Å². The van der Waals surface area contributed by atoms with Crippen molar-refractivity contribution in [1.29, 1.82) is 0 Å². The van der Waals surface area contributed by atoms with Crippen molar-refractivity contribution in [1.82, 2.24) is 0 Å². The molecule has 0 unspecified atom stereocenters. The number of fused-ring (bicyclic) bond motifs is 6. The first-order valence-electron chi connectivity index (χ1n) is 25.7. The molecule has 69 heavy (non-hydrogen) atoms. The van der Waals surface area contributed by atoms with Crippen LogP contribution in [0.1, 0.15) is 0 Å². The van der Waals surface area contributed by atoms with Crippen molar-refractivity contribution in [2.24, 2.45) is 0 Å². The summed E-state index contributed by atoms with van der Waals surface area (Å²) in [6, 6.07) is 0. The second-order valence-corrected chi connectivity index (χ2v) is 22.3. The summed E-state index contributed by atoms with van der Waals surface area (Å²) in [6.45, 7) is 0. The lowest BCUT2D eigenvalue weighted by atomic mass is 9.55. The largest absolute Gasteiger partial charge is 0.457 e. The van der Waals surface area contributed by atoms with Gasteiger partial charge < -0.3 is 4.42 Å². The maximum absolute atomic E-state index is 7.12. The molecule has 8 aromatic carbocycles. The second-order valence-electron chi connectivity index (χ2n) is 22.3. The Morgan fingerprint density at radius 1 is 0.130 bits per heavy atom. The molecule has 0 amide bonds. The van der Waals surface area contributed by atoms with Crippen LogP contribution in [-0.4, -0.2) is 204 Å². The second kappa shape index (κ2) is 16.8. The van der Waals surface area contributed by atoms with Crippen LogP contribution in [0.2, 0.25) is 0 Å². The van der Waals surface area contributed by atoms with Gasteiger partial charge in [-0.05, 0) is 65.7 Å². The summed E-state index contributed by atoms with van der Waals surface area (Å²) in [5.74, 6) is 0. The van der Waals surface area contributed by atoms with Gasteiger partial charge in [0.15, 0.2) is 0 Å². The third kappa shape index (κ3) is 6.41. The summed E-state index contributed by atoms with van der Waals surface area (Å²) in [5, 5.41) is 11.0. The molecule has 9 rings (SSSR count). The molecule has 0 N–H and O–H groups in total. The maximum Gasteiger partial charge on any atom is 0.143 e. The molecule has 0 atom stereocenters. The summed E-state index contributed by atoms with van der Waals surface area (Å²) >= 11 is 0. The van der Waals surface area contributed by atoms with Crippen LogP contribution in [0.15, 0.2) is 4.42 Å². The molecule has 0 aliphatic rings. The standard InChI is InChI=1S/C42H52B26O/c43-15-3-2(9-16(44)13-14-28(56)36(64)38(66)40(68)42(14)69-41(13)39(67)27(9)55)7-5(19(47)30(58)31(59)20(7)48)1(6-8-10(23(51)29(57)18(6)46)24(52)33(61)32(60)21(8)49)4(3)17(45)22(50)11(15)12-25(53)34(62)37(65)35(63)26(12)54/h43-68H2. The van der Waals surface area contributed by atoms with Crippen LogP contribution in [0, 0.1) is 0 Å². The fraction of sp³-hybridized carbons (Fsp3) is 0. The van der Waals surface area contributed by atoms with Crippen molar-refractivity contribution in [3.63, 3.8) is 0 Å². The molecule has 0 bridgehead atoms. The smallest absolute Gasteiger partial charge is 0.143 e. The normalized spacial score (nSPS) is 11.8. The van der Waals surface area contributed by atoms with Gasteiger partial charge in [-0.1, -0.05) is 92.9 Å². The van der Waals surface area contributed by atoms with Crippen molar-refractivity contribution < 1.29 is 4.42 Å². The lowest BCUT2D eigenvalue weighted by Crippen LogP contribution is -2.56. The molecule has 0 spiro atoms. The molecular formula is C42H52B26O. The zero-order valence-corrected chi connectivity index (χ0v) is 47.4. The number of rotatable bonds is 3. The van der Waals surface area contributed by atoms with E-state index in [0.29, 0.717) is 0 Å². The van der Waals surface area contributed by atoms with Crippen molar-refractivity contribution in [3.8, 4) is 33.4 Å². The summed E-state index contributed by atoms with van der Waals surface area (Å²) in [7, 11) is 61.6. The molecule has 0 saturated heterocycles. The summed E-state index contributed by atoms with van der Waals surface area (Å²) < 4.78 is 7.12. The molecular weight excluding hydrogens is 802 g/mol. The molecule has 0 saturated carbocycles. The Kier molecular flexibility index (Phi) is 12.2. The average Bonchev–Trinajstić information content (AvgIpc) is 3.73. The zero-order valence-electron chi connectivity index (χ0n) is 47.4. The van der Waals surface area contributed by atoms with Gasteiger partial charge in [0.25, 0.3) is 0 Å². The lowest BCUT2D eigenvalue weighted by Gasteiger charge is -2.33. The first kappa shape index (κ1) is 50.0. The molecule has 0 fully saturated rings. The highest BCUT2D eigenvalue weighted by molar-refractivity contribution is 6.77. The summed E-state index contributed by atoms with van der Waals surface area (Å²) in [6.07, 6.45) is 0. The molecule has 0 aliphatic heterocycles. The van der Waals surface area contributed by atoms with E-state index in [1.807, 2.05) is 0 Å². The fourth-order valence-electron chi connectivity index (χ4n) is 13.7. The van der Waals surface area contributed by atoms with Gasteiger partial charge >= 0.3 is 0 Å². The Hall–Kier alpha value is -3.97. The number of benzene rings is 8. The summed E-state index contributed by atoms with van der Waals surface area (Å²) in [4.78, 5) is 0. The van der Waals surface area contributed by atoms with E-state index in [1.54, 1.807) is 0 Å². The predicted molar refractivity (Wildman–Crippen MR) is 395 cm³/mol. The Bertz CT molecular complexity index is 3930. The quantitative estimate of drug-likeness (QED) is 0.127. The molecule has 9 aromatic rings. The Morgan fingerprint density at radius 3 is 0.768 bits per heavy atom. The van der Waals surface area contributed by atoms with Gasteiger partial charge in [-0.25, -0.2) is 0 Å². The van der Waals surface area contributed by atoms with Crippen LogP contribution >= 0.6 is 0 Å². The molecule has 1 aromatic heterocycles. The van der Waals surface area contributed by atoms with Gasteiger partial charge in [0, 0.05) is 10.8 Å². The molecule has 27 heteroatoms. The minimum atomic E-state index is 1.03. The first-order chi connectivity index (χ1) is 32.2. The van der Waals surface area contributed by atoms with E-state index in [2.05, 4.69) is 204 Å². The van der Waals surface area contributed by atoms with Gasteiger partial charge in [0.2, 0.25) is 0 Å². The molecule has 0 aliphatic carbocycles. The van der Waals surface area contributed by atoms with Gasteiger partial charge in [0.1, 0.15) is 215 Å². The summed E-state index contributed by atoms with van der Waals surface area (Å²) in [5.41, 5.74) is 45.9. The number of furan rings is 1. The average molecular weight is 854 g/mol. The first-order valence-corrected chi connectivity index (χ1v) is 25.7. The minimum absolute atomic E-state index is 1.03. The molecule has 1 nitrogen and oxygen atoms in total. The SMILES string of the molecule is Bc1c(B)c(B)c(-c2c(B)c(B)c3c(-c4c(B)c(B)c(B)c5c(B)c(B)c(B)c(B)c45)c4c(B)c(B)c(B)c(B)c4c(-c4c(B)c(B)c5oc6c(B)c(B)c(B)c(B)c6c5c4B)c3c2B)c(B)c1B. The zero-order chi connectivity index (χ0) is 51.0. The Morgan fingerprint density at radius 2 is 0.319 bits per heavy atom. The van der Waals surface area contributed by atoms with E-state index in [1.165, 1.54) is 219 Å². The minimum Gasteiger partial charge on any atom is -0.457 e. The molecule has 1 heterocycles. The van der Waals surface area contributed by atoms with Crippen LogP contribution in [-0.2, 0) is 0 Å². The van der Waals surface area contributed by atoms with E-state index in [9.17, 15) is 0 Å². The molecule has 304 valence electrons. The van der Waals surface area contributed by atoms with Crippen LogP contribution in [0.4, 0.5) is 0 Å². The molecule has 0 radical (unpaired) electrons. The highest BCUT2D eigenvalue weighted by atomic mass is 16.3. The number of hydrogen-bond donors (Lipinski definition) is 0. The monoisotopic (exact) mass is 859 g/mol. The topological polar surface area (TPSA) is 13.1 Å². The van der Waals surface area contributed by atoms with E-state index in [4.69, 9.17) is 4.42 Å². The van der Waals surface area contributed by atoms with Crippen molar-refractivity contribution in [2.45, 2.75) is 0 Å². The van der Waals surface area contributed by atoms with Crippen LogP contribution < -0.4 is 142 Å². The van der Waals surface area contributed by atoms with E-state index in [0.717, 1.165) is 11.2 Å². The van der Waals surface area contributed by atoms with Crippen LogP contribution in [0.25, 0.3) is 87.6 Å². The van der Waals surface area contributed by atoms with E-state index >= 15 is 0 Å². The Labute approximate surface area is 435 Å².